The van der Waals surface area contributed by atoms with Gasteiger partial charge in [0, 0.05) is 12.1 Å². The monoisotopic (exact) mass is 297 g/mol. The first-order chi connectivity index (χ1) is 10.5. The number of aliphatic imine (C=N–C) groups is 1. The number of ether oxygens (including phenoxy) is 2. The van der Waals surface area contributed by atoms with Gasteiger partial charge in [0.1, 0.15) is 11.5 Å². The first-order valence-electron chi connectivity index (χ1n) is 7.36. The van der Waals surface area contributed by atoms with E-state index in [-0.39, 0.29) is 0 Å². The molecule has 0 heterocycles. The van der Waals surface area contributed by atoms with Crippen LogP contribution in [-0.4, -0.2) is 19.9 Å². The van der Waals surface area contributed by atoms with Crippen molar-refractivity contribution in [1.82, 2.24) is 0 Å². The molecule has 0 aromatic heterocycles. The number of hydrogen-bond acceptors (Lipinski definition) is 3. The lowest BCUT2D eigenvalue weighted by Gasteiger charge is -2.08. The molecule has 0 N–H and O–H groups in total. The average Bonchev–Trinajstić information content (AvgIpc) is 2.47. The third kappa shape index (κ3) is 3.88. The zero-order valence-corrected chi connectivity index (χ0v) is 13.9. The van der Waals surface area contributed by atoms with Crippen LogP contribution >= 0.6 is 0 Å². The molecule has 0 unspecified atom stereocenters. The topological polar surface area (TPSA) is 30.8 Å². The normalized spacial score (nSPS) is 11.4. The summed E-state index contributed by atoms with van der Waals surface area (Å²) in [6, 6.07) is 12.2. The maximum Gasteiger partial charge on any atom is 0.121 e. The Hall–Kier alpha value is -2.29. The number of rotatable bonds is 5. The van der Waals surface area contributed by atoms with Crippen molar-refractivity contribution in [2.45, 2.75) is 27.2 Å². The van der Waals surface area contributed by atoms with Gasteiger partial charge in [-0.25, -0.2) is 0 Å². The molecular weight excluding hydrogens is 274 g/mol. The van der Waals surface area contributed by atoms with Crippen LogP contribution in [0.1, 0.15) is 23.6 Å². The number of nitrogens with zero attached hydrogens (tertiary/aromatic N) is 1. The van der Waals surface area contributed by atoms with E-state index >= 15 is 0 Å². The van der Waals surface area contributed by atoms with E-state index in [0.29, 0.717) is 0 Å². The maximum atomic E-state index is 5.29. The van der Waals surface area contributed by atoms with Crippen LogP contribution in [0.15, 0.2) is 41.4 Å². The first kappa shape index (κ1) is 16.1. The van der Waals surface area contributed by atoms with Crippen molar-refractivity contribution < 1.29 is 9.47 Å². The van der Waals surface area contributed by atoms with Gasteiger partial charge in [0.2, 0.25) is 0 Å². The lowest BCUT2D eigenvalue weighted by Crippen LogP contribution is -1.98. The van der Waals surface area contributed by atoms with Crippen LogP contribution in [0.3, 0.4) is 0 Å². The predicted octanol–water partition coefficient (Wildman–Crippen LogP) is 4.66. The molecule has 0 saturated carbocycles. The van der Waals surface area contributed by atoms with Gasteiger partial charge >= 0.3 is 0 Å². The Labute approximate surface area is 132 Å². The summed E-state index contributed by atoms with van der Waals surface area (Å²) >= 11 is 0. The summed E-state index contributed by atoms with van der Waals surface area (Å²) in [5, 5.41) is 0. The Balaban J connectivity index is 2.16. The van der Waals surface area contributed by atoms with Crippen LogP contribution in [0.2, 0.25) is 0 Å². The molecule has 2 aromatic rings. The van der Waals surface area contributed by atoms with E-state index in [2.05, 4.69) is 26.0 Å². The van der Waals surface area contributed by atoms with E-state index in [1.807, 2.05) is 31.2 Å². The molecule has 0 bridgehead atoms. The fourth-order valence-electron chi connectivity index (χ4n) is 2.54. The minimum absolute atomic E-state index is 0.829. The molecule has 0 radical (unpaired) electrons. The molecule has 0 aliphatic carbocycles. The van der Waals surface area contributed by atoms with E-state index < -0.39 is 0 Å². The summed E-state index contributed by atoms with van der Waals surface area (Å²) < 4.78 is 10.6. The average molecular weight is 297 g/mol. The van der Waals surface area contributed by atoms with Gasteiger partial charge in [-0.05, 0) is 61.7 Å². The number of methoxy groups -OCH3 is 2. The Kier molecular flexibility index (Phi) is 5.21. The molecule has 0 spiro atoms. The number of benzene rings is 2. The SMILES string of the molecule is COc1ccc(CC(C)=Nc2ccc(OC)c(C)c2)cc1C. The van der Waals surface area contributed by atoms with E-state index in [4.69, 9.17) is 14.5 Å². The van der Waals surface area contributed by atoms with Crippen molar-refractivity contribution in [3.8, 4) is 11.5 Å². The fraction of sp³-hybridized carbons (Fsp3) is 0.316. The van der Waals surface area contributed by atoms with Crippen molar-refractivity contribution in [3.63, 3.8) is 0 Å². The van der Waals surface area contributed by atoms with Crippen LogP contribution in [0.4, 0.5) is 5.69 Å². The summed E-state index contributed by atoms with van der Waals surface area (Å²) in [5.41, 5.74) is 5.52. The second-order valence-corrected chi connectivity index (χ2v) is 5.48. The van der Waals surface area contributed by atoms with Crippen molar-refractivity contribution in [1.29, 1.82) is 0 Å². The molecular formula is C19H23NO2. The highest BCUT2D eigenvalue weighted by Crippen LogP contribution is 2.24. The Morgan fingerprint density at radius 1 is 0.909 bits per heavy atom. The van der Waals surface area contributed by atoms with E-state index in [1.54, 1.807) is 14.2 Å². The third-order valence-corrected chi connectivity index (χ3v) is 3.62. The molecule has 22 heavy (non-hydrogen) atoms. The highest BCUT2D eigenvalue weighted by molar-refractivity contribution is 5.86. The zero-order valence-electron chi connectivity index (χ0n) is 13.9. The quantitative estimate of drug-likeness (QED) is 0.752. The Bertz CT molecular complexity index is 690. The minimum atomic E-state index is 0.829. The molecule has 0 amide bonds. The smallest absolute Gasteiger partial charge is 0.121 e. The van der Waals surface area contributed by atoms with Crippen molar-refractivity contribution in [2.24, 2.45) is 4.99 Å². The van der Waals surface area contributed by atoms with Crippen molar-refractivity contribution in [2.75, 3.05) is 14.2 Å². The zero-order chi connectivity index (χ0) is 16.1. The van der Waals surface area contributed by atoms with Gasteiger partial charge in [-0.1, -0.05) is 12.1 Å². The number of hydrogen-bond donors (Lipinski definition) is 0. The first-order valence-corrected chi connectivity index (χ1v) is 7.36. The van der Waals surface area contributed by atoms with Crippen LogP contribution in [0.25, 0.3) is 0 Å². The molecule has 116 valence electrons. The van der Waals surface area contributed by atoms with Crippen LogP contribution in [0, 0.1) is 13.8 Å². The summed E-state index contributed by atoms with van der Waals surface area (Å²) in [5.74, 6) is 1.81. The maximum absolute atomic E-state index is 5.29. The summed E-state index contributed by atoms with van der Waals surface area (Å²) in [7, 11) is 3.38. The second-order valence-electron chi connectivity index (χ2n) is 5.48. The largest absolute Gasteiger partial charge is 0.496 e. The minimum Gasteiger partial charge on any atom is -0.496 e. The predicted molar refractivity (Wildman–Crippen MR) is 91.9 cm³/mol. The third-order valence-electron chi connectivity index (χ3n) is 3.62. The van der Waals surface area contributed by atoms with Gasteiger partial charge in [-0.3, -0.25) is 4.99 Å². The van der Waals surface area contributed by atoms with Gasteiger partial charge < -0.3 is 9.47 Å². The molecule has 3 heteroatoms. The molecule has 2 rings (SSSR count). The summed E-state index contributed by atoms with van der Waals surface area (Å²) in [6.07, 6.45) is 0.829. The summed E-state index contributed by atoms with van der Waals surface area (Å²) in [6.45, 7) is 6.14. The fourth-order valence-corrected chi connectivity index (χ4v) is 2.54. The molecule has 2 aromatic carbocycles. The molecule has 0 saturated heterocycles. The van der Waals surface area contributed by atoms with Crippen LogP contribution < -0.4 is 9.47 Å². The Morgan fingerprint density at radius 3 is 2.05 bits per heavy atom. The standard InChI is InChI=1S/C19H23NO2/c1-13-10-16(6-8-18(13)21-4)12-15(3)20-17-7-9-19(22-5)14(2)11-17/h6-11H,12H2,1-5H3. The second kappa shape index (κ2) is 7.12. The molecule has 0 atom stereocenters. The lowest BCUT2D eigenvalue weighted by atomic mass is 10.1. The van der Waals surface area contributed by atoms with Crippen molar-refractivity contribution in [3.05, 3.63) is 53.1 Å². The van der Waals surface area contributed by atoms with Crippen LogP contribution in [0.5, 0.6) is 11.5 Å². The highest BCUT2D eigenvalue weighted by atomic mass is 16.5. The van der Waals surface area contributed by atoms with Gasteiger partial charge in [-0.2, -0.15) is 0 Å². The van der Waals surface area contributed by atoms with E-state index in [0.717, 1.165) is 40.4 Å². The number of aryl methyl sites for hydroxylation is 2. The van der Waals surface area contributed by atoms with E-state index in [9.17, 15) is 0 Å². The molecule has 0 aliphatic rings. The highest BCUT2D eigenvalue weighted by Gasteiger charge is 2.03. The molecule has 3 nitrogen and oxygen atoms in total. The van der Waals surface area contributed by atoms with Crippen molar-refractivity contribution >= 4 is 11.4 Å². The molecule has 0 aliphatic heterocycles. The van der Waals surface area contributed by atoms with Crippen LogP contribution in [-0.2, 0) is 6.42 Å². The summed E-state index contributed by atoms with van der Waals surface area (Å²) in [4.78, 5) is 4.69. The molecule has 0 fully saturated rings. The van der Waals surface area contributed by atoms with Gasteiger partial charge in [0.05, 0.1) is 19.9 Å². The van der Waals surface area contributed by atoms with E-state index in [1.165, 1.54) is 5.56 Å². The van der Waals surface area contributed by atoms with Gasteiger partial charge in [0.15, 0.2) is 0 Å². The lowest BCUT2D eigenvalue weighted by molar-refractivity contribution is 0.411. The van der Waals surface area contributed by atoms with Gasteiger partial charge in [0.25, 0.3) is 0 Å². The Morgan fingerprint density at radius 2 is 1.50 bits per heavy atom. The van der Waals surface area contributed by atoms with Gasteiger partial charge in [-0.15, -0.1) is 0 Å².